The topological polar surface area (TPSA) is 23.6 Å². The predicted molar refractivity (Wildman–Crippen MR) is 78.7 cm³/mol. The molecule has 0 amide bonds. The average molecular weight is 299 g/mol. The summed E-state index contributed by atoms with van der Waals surface area (Å²) in [5.74, 6) is -0.371. The van der Waals surface area contributed by atoms with Gasteiger partial charge in [-0.15, -0.1) is 0 Å². The lowest BCUT2D eigenvalue weighted by Crippen LogP contribution is -2.50. The summed E-state index contributed by atoms with van der Waals surface area (Å²) in [6.45, 7) is 2.84. The van der Waals surface area contributed by atoms with E-state index in [2.05, 4.69) is 16.8 Å². The molecule has 0 N–H and O–H groups in total. The molecule has 0 aliphatic carbocycles. The van der Waals surface area contributed by atoms with Crippen molar-refractivity contribution in [2.75, 3.05) is 33.7 Å². The lowest BCUT2D eigenvalue weighted by atomic mass is 10.0. The molecule has 1 saturated heterocycles. The Hall–Kier alpha value is -0.970. The molecule has 0 aromatic heterocycles. The Labute approximate surface area is 124 Å². The van der Waals surface area contributed by atoms with Crippen molar-refractivity contribution in [1.82, 2.24) is 9.80 Å². The fourth-order valence-corrected chi connectivity index (χ4v) is 2.79. The first-order valence-electron chi connectivity index (χ1n) is 6.80. The quantitative estimate of drug-likeness (QED) is 0.852. The van der Waals surface area contributed by atoms with Crippen LogP contribution in [-0.2, 0) is 11.2 Å². The van der Waals surface area contributed by atoms with Crippen molar-refractivity contribution in [2.45, 2.75) is 18.9 Å². The summed E-state index contributed by atoms with van der Waals surface area (Å²) in [7, 11) is 4.08. The van der Waals surface area contributed by atoms with Crippen LogP contribution in [0.3, 0.4) is 0 Å². The zero-order chi connectivity index (χ0) is 14.7. The lowest BCUT2D eigenvalue weighted by Gasteiger charge is -2.37. The monoisotopic (exact) mass is 298 g/mol. The highest BCUT2D eigenvalue weighted by Gasteiger charge is 2.25. The van der Waals surface area contributed by atoms with Crippen LogP contribution in [0, 0.1) is 5.82 Å². The SMILES string of the molecule is CN1CCN(C)C(CC(=O)Cc2c(F)cccc2Cl)C1. The largest absolute Gasteiger partial charge is 0.304 e. The van der Waals surface area contributed by atoms with Gasteiger partial charge < -0.3 is 9.80 Å². The van der Waals surface area contributed by atoms with E-state index in [1.807, 2.05) is 7.05 Å². The van der Waals surface area contributed by atoms with E-state index in [9.17, 15) is 9.18 Å². The molecular formula is C15H20ClFN2O. The summed E-state index contributed by atoms with van der Waals surface area (Å²) in [5.41, 5.74) is 0.311. The molecule has 0 bridgehead atoms. The van der Waals surface area contributed by atoms with Gasteiger partial charge >= 0.3 is 0 Å². The number of ketones is 1. The number of Topliss-reactive ketones (excluding diaryl/α,β-unsaturated/α-hetero) is 1. The third kappa shape index (κ3) is 3.78. The van der Waals surface area contributed by atoms with Gasteiger partial charge in [-0.25, -0.2) is 4.39 Å². The number of nitrogens with zero attached hydrogens (tertiary/aromatic N) is 2. The van der Waals surface area contributed by atoms with E-state index in [0.717, 1.165) is 19.6 Å². The zero-order valence-corrected chi connectivity index (χ0v) is 12.7. The molecule has 1 atom stereocenters. The molecule has 1 aromatic rings. The molecule has 1 fully saturated rings. The van der Waals surface area contributed by atoms with Crippen LogP contribution in [0.1, 0.15) is 12.0 Å². The Morgan fingerprint density at radius 1 is 1.40 bits per heavy atom. The van der Waals surface area contributed by atoms with Gasteiger partial charge in [-0.05, 0) is 26.2 Å². The van der Waals surface area contributed by atoms with Gasteiger partial charge in [0.2, 0.25) is 0 Å². The first kappa shape index (κ1) is 15.4. The van der Waals surface area contributed by atoms with E-state index in [1.54, 1.807) is 12.1 Å². The molecule has 1 aliphatic rings. The second kappa shape index (κ2) is 6.66. The molecule has 3 nitrogen and oxygen atoms in total. The van der Waals surface area contributed by atoms with Crippen LogP contribution in [0.4, 0.5) is 4.39 Å². The standard InChI is InChI=1S/C15H20ClFN2O/c1-18-6-7-19(2)11(10-18)8-12(20)9-13-14(16)4-3-5-15(13)17/h3-5,11H,6-10H2,1-2H3. The molecule has 1 aromatic carbocycles. The summed E-state index contributed by atoms with van der Waals surface area (Å²) >= 11 is 5.96. The van der Waals surface area contributed by atoms with Crippen LogP contribution in [0.5, 0.6) is 0 Å². The van der Waals surface area contributed by atoms with Gasteiger partial charge in [0.15, 0.2) is 0 Å². The van der Waals surface area contributed by atoms with Crippen molar-refractivity contribution in [3.05, 3.63) is 34.6 Å². The number of halogens is 2. The van der Waals surface area contributed by atoms with Crippen LogP contribution in [0.15, 0.2) is 18.2 Å². The average Bonchev–Trinajstić information content (AvgIpc) is 2.38. The third-order valence-corrected chi connectivity index (χ3v) is 4.23. The minimum Gasteiger partial charge on any atom is -0.304 e. The molecule has 0 spiro atoms. The second-order valence-electron chi connectivity index (χ2n) is 5.52. The van der Waals surface area contributed by atoms with E-state index < -0.39 is 5.82 Å². The van der Waals surface area contributed by atoms with Crippen molar-refractivity contribution >= 4 is 17.4 Å². The highest BCUT2D eigenvalue weighted by Crippen LogP contribution is 2.21. The molecule has 0 radical (unpaired) electrons. The minimum atomic E-state index is -0.403. The first-order valence-corrected chi connectivity index (χ1v) is 7.18. The van der Waals surface area contributed by atoms with Crippen molar-refractivity contribution < 1.29 is 9.18 Å². The summed E-state index contributed by atoms with van der Waals surface area (Å²) in [4.78, 5) is 16.6. The van der Waals surface area contributed by atoms with E-state index in [-0.39, 0.29) is 18.2 Å². The molecule has 1 heterocycles. The van der Waals surface area contributed by atoms with Crippen LogP contribution in [-0.4, -0.2) is 55.4 Å². The van der Waals surface area contributed by atoms with Crippen LogP contribution in [0.2, 0.25) is 5.02 Å². The van der Waals surface area contributed by atoms with Gasteiger partial charge in [0.1, 0.15) is 11.6 Å². The van der Waals surface area contributed by atoms with E-state index >= 15 is 0 Å². The molecule has 1 unspecified atom stereocenters. The maximum Gasteiger partial charge on any atom is 0.139 e. The second-order valence-corrected chi connectivity index (χ2v) is 5.92. The van der Waals surface area contributed by atoms with Gasteiger partial charge in [-0.3, -0.25) is 4.79 Å². The molecule has 2 rings (SSSR count). The van der Waals surface area contributed by atoms with Crippen LogP contribution >= 0.6 is 11.6 Å². The Bertz CT molecular complexity index is 475. The Kier molecular flexibility index (Phi) is 5.13. The van der Waals surface area contributed by atoms with E-state index in [1.165, 1.54) is 6.07 Å². The van der Waals surface area contributed by atoms with Gasteiger partial charge in [-0.1, -0.05) is 17.7 Å². The number of hydrogen-bond donors (Lipinski definition) is 0. The van der Waals surface area contributed by atoms with Crippen LogP contribution < -0.4 is 0 Å². The smallest absolute Gasteiger partial charge is 0.139 e. The van der Waals surface area contributed by atoms with Gasteiger partial charge in [0.25, 0.3) is 0 Å². The number of rotatable bonds is 4. The zero-order valence-electron chi connectivity index (χ0n) is 11.9. The number of benzene rings is 1. The number of carbonyl (C=O) groups is 1. The number of likely N-dealkylation sites (N-methyl/N-ethyl adjacent to an activating group) is 2. The van der Waals surface area contributed by atoms with E-state index in [4.69, 9.17) is 11.6 Å². The van der Waals surface area contributed by atoms with Gasteiger partial charge in [0, 0.05) is 49.1 Å². The van der Waals surface area contributed by atoms with Crippen LogP contribution in [0.25, 0.3) is 0 Å². The van der Waals surface area contributed by atoms with E-state index in [0.29, 0.717) is 17.0 Å². The third-order valence-electron chi connectivity index (χ3n) is 3.88. The first-order chi connectivity index (χ1) is 9.47. The summed E-state index contributed by atoms with van der Waals surface area (Å²) in [6, 6.07) is 4.71. The fourth-order valence-electron chi connectivity index (χ4n) is 2.56. The highest BCUT2D eigenvalue weighted by molar-refractivity contribution is 6.31. The minimum absolute atomic E-state index is 0.0316. The predicted octanol–water partition coefficient (Wildman–Crippen LogP) is 2.23. The molecule has 5 heteroatoms. The Morgan fingerprint density at radius 3 is 2.85 bits per heavy atom. The summed E-state index contributed by atoms with van der Waals surface area (Å²) < 4.78 is 13.7. The molecule has 1 aliphatic heterocycles. The Morgan fingerprint density at radius 2 is 2.15 bits per heavy atom. The summed E-state index contributed by atoms with van der Waals surface area (Å²) in [6.07, 6.45) is 0.505. The molecular weight excluding hydrogens is 279 g/mol. The molecule has 110 valence electrons. The fraction of sp³-hybridized carbons (Fsp3) is 0.533. The number of hydrogen-bond acceptors (Lipinski definition) is 3. The maximum atomic E-state index is 13.7. The van der Waals surface area contributed by atoms with Crippen molar-refractivity contribution in [1.29, 1.82) is 0 Å². The van der Waals surface area contributed by atoms with Gasteiger partial charge in [0.05, 0.1) is 0 Å². The molecule has 0 saturated carbocycles. The van der Waals surface area contributed by atoms with Crippen molar-refractivity contribution in [3.63, 3.8) is 0 Å². The molecule has 20 heavy (non-hydrogen) atoms. The van der Waals surface area contributed by atoms with Crippen molar-refractivity contribution in [2.24, 2.45) is 0 Å². The summed E-state index contributed by atoms with van der Waals surface area (Å²) in [5, 5.41) is 0.326. The highest BCUT2D eigenvalue weighted by atomic mass is 35.5. The number of piperazine rings is 1. The van der Waals surface area contributed by atoms with Crippen molar-refractivity contribution in [3.8, 4) is 0 Å². The van der Waals surface area contributed by atoms with Gasteiger partial charge in [-0.2, -0.15) is 0 Å². The Balaban J connectivity index is 1.98. The normalized spacial score (nSPS) is 21.1. The maximum absolute atomic E-state index is 13.7. The number of carbonyl (C=O) groups excluding carboxylic acids is 1. The lowest BCUT2D eigenvalue weighted by molar-refractivity contribution is -0.120.